The van der Waals surface area contributed by atoms with E-state index in [9.17, 15) is 4.79 Å². The first kappa shape index (κ1) is 18.1. The van der Waals surface area contributed by atoms with Gasteiger partial charge in [0.25, 0.3) is 0 Å². The van der Waals surface area contributed by atoms with Crippen molar-refractivity contribution in [2.45, 2.75) is 32.6 Å². The van der Waals surface area contributed by atoms with Crippen LogP contribution in [-0.4, -0.2) is 50.4 Å². The average molecular weight is 346 g/mol. The van der Waals surface area contributed by atoms with Crippen LogP contribution in [0.4, 0.5) is 4.79 Å². The van der Waals surface area contributed by atoms with E-state index in [0.29, 0.717) is 18.4 Å². The fourth-order valence-corrected chi connectivity index (χ4v) is 3.53. The maximum Gasteiger partial charge on any atom is 0.317 e. The van der Waals surface area contributed by atoms with Crippen molar-refractivity contribution in [2.24, 2.45) is 11.8 Å². The van der Waals surface area contributed by atoms with Crippen LogP contribution in [0.15, 0.2) is 24.3 Å². The lowest BCUT2D eigenvalue weighted by Crippen LogP contribution is -2.47. The molecule has 0 radical (unpaired) electrons. The molecule has 0 saturated carbocycles. The van der Waals surface area contributed by atoms with E-state index in [0.717, 1.165) is 64.3 Å². The number of piperidine rings is 1. The molecule has 2 fully saturated rings. The number of nitrogens with zero attached hydrogens (tertiary/aromatic N) is 1. The van der Waals surface area contributed by atoms with E-state index < -0.39 is 0 Å². The van der Waals surface area contributed by atoms with Crippen molar-refractivity contribution in [3.63, 3.8) is 0 Å². The SMILES string of the molecule is Cc1ccc(OC[C@H]2CCCN(C(=O)NCC3CCOCC3)C2)cc1. The van der Waals surface area contributed by atoms with Gasteiger partial charge in [-0.05, 0) is 50.7 Å². The van der Waals surface area contributed by atoms with E-state index in [2.05, 4.69) is 24.4 Å². The first-order valence-electron chi connectivity index (χ1n) is 9.50. The first-order chi connectivity index (χ1) is 12.2. The molecule has 2 aliphatic rings. The van der Waals surface area contributed by atoms with Crippen LogP contribution in [-0.2, 0) is 4.74 Å². The summed E-state index contributed by atoms with van der Waals surface area (Å²) in [6.07, 6.45) is 4.27. The third-order valence-electron chi connectivity index (χ3n) is 5.20. The Labute approximate surface area is 150 Å². The molecule has 2 heterocycles. The number of ether oxygens (including phenoxy) is 2. The fourth-order valence-electron chi connectivity index (χ4n) is 3.53. The zero-order valence-corrected chi connectivity index (χ0v) is 15.2. The van der Waals surface area contributed by atoms with Crippen molar-refractivity contribution in [1.29, 1.82) is 0 Å². The van der Waals surface area contributed by atoms with Gasteiger partial charge >= 0.3 is 6.03 Å². The van der Waals surface area contributed by atoms with Gasteiger partial charge in [-0.1, -0.05) is 17.7 Å². The van der Waals surface area contributed by atoms with Crippen molar-refractivity contribution in [3.05, 3.63) is 29.8 Å². The van der Waals surface area contributed by atoms with Gasteiger partial charge < -0.3 is 19.7 Å². The third kappa shape index (κ3) is 5.63. The molecule has 1 N–H and O–H groups in total. The molecule has 0 aliphatic carbocycles. The van der Waals surface area contributed by atoms with E-state index in [1.54, 1.807) is 0 Å². The molecule has 2 aliphatic heterocycles. The van der Waals surface area contributed by atoms with Gasteiger partial charge in [0.05, 0.1) is 6.61 Å². The highest BCUT2D eigenvalue weighted by Crippen LogP contribution is 2.20. The Hall–Kier alpha value is -1.75. The maximum atomic E-state index is 12.4. The minimum absolute atomic E-state index is 0.0755. The van der Waals surface area contributed by atoms with Gasteiger partial charge in [-0.15, -0.1) is 0 Å². The van der Waals surface area contributed by atoms with Crippen LogP contribution in [0.1, 0.15) is 31.2 Å². The Morgan fingerprint density at radius 3 is 2.72 bits per heavy atom. The molecule has 1 aromatic rings. The lowest BCUT2D eigenvalue weighted by molar-refractivity contribution is 0.0659. The molecule has 3 rings (SSSR count). The number of hydrogen-bond donors (Lipinski definition) is 1. The number of nitrogens with one attached hydrogen (secondary N) is 1. The third-order valence-corrected chi connectivity index (χ3v) is 5.20. The standard InChI is InChI=1S/C20H30N2O3/c1-16-4-6-19(7-5-16)25-15-18-3-2-10-22(14-18)20(23)21-13-17-8-11-24-12-9-17/h4-7,17-18H,2-3,8-15H2,1H3,(H,21,23)/t18-/m0/s1. The predicted octanol–water partition coefficient (Wildman–Crippen LogP) is 3.22. The number of aryl methyl sites for hydroxylation is 1. The van der Waals surface area contributed by atoms with Gasteiger partial charge in [-0.3, -0.25) is 0 Å². The number of rotatable bonds is 5. The quantitative estimate of drug-likeness (QED) is 0.891. The number of carbonyl (C=O) groups excluding carboxylic acids is 1. The summed E-state index contributed by atoms with van der Waals surface area (Å²) >= 11 is 0. The van der Waals surface area contributed by atoms with E-state index in [1.165, 1.54) is 5.56 Å². The molecule has 5 nitrogen and oxygen atoms in total. The molecular weight excluding hydrogens is 316 g/mol. The summed E-state index contributed by atoms with van der Waals surface area (Å²) in [5.74, 6) is 1.87. The van der Waals surface area contributed by atoms with Crippen molar-refractivity contribution in [3.8, 4) is 5.75 Å². The predicted molar refractivity (Wildman–Crippen MR) is 97.9 cm³/mol. The summed E-state index contributed by atoms with van der Waals surface area (Å²) in [7, 11) is 0. The van der Waals surface area contributed by atoms with Gasteiger partial charge in [0.1, 0.15) is 5.75 Å². The summed E-state index contributed by atoms with van der Waals surface area (Å²) in [5, 5.41) is 3.11. The van der Waals surface area contributed by atoms with Crippen LogP contribution < -0.4 is 10.1 Å². The smallest absolute Gasteiger partial charge is 0.317 e. The molecule has 2 saturated heterocycles. The second-order valence-corrected chi connectivity index (χ2v) is 7.32. The summed E-state index contributed by atoms with van der Waals surface area (Å²) in [6.45, 7) is 6.79. The van der Waals surface area contributed by atoms with Gasteiger partial charge in [0.2, 0.25) is 0 Å². The number of benzene rings is 1. The van der Waals surface area contributed by atoms with Crippen LogP contribution in [0, 0.1) is 18.8 Å². The Morgan fingerprint density at radius 1 is 1.20 bits per heavy atom. The first-order valence-corrected chi connectivity index (χ1v) is 9.50. The lowest BCUT2D eigenvalue weighted by Gasteiger charge is -2.33. The van der Waals surface area contributed by atoms with Crippen molar-refractivity contribution >= 4 is 6.03 Å². The van der Waals surface area contributed by atoms with Gasteiger partial charge in [-0.2, -0.15) is 0 Å². The molecular formula is C20H30N2O3. The minimum atomic E-state index is 0.0755. The van der Waals surface area contributed by atoms with Crippen molar-refractivity contribution < 1.29 is 14.3 Å². The minimum Gasteiger partial charge on any atom is -0.493 e. The summed E-state index contributed by atoms with van der Waals surface area (Å²) in [6, 6.07) is 8.22. The van der Waals surface area contributed by atoms with E-state index in [1.807, 2.05) is 17.0 Å². The summed E-state index contributed by atoms with van der Waals surface area (Å²) in [4.78, 5) is 14.4. The van der Waals surface area contributed by atoms with Crippen LogP contribution in [0.25, 0.3) is 0 Å². The second-order valence-electron chi connectivity index (χ2n) is 7.32. The van der Waals surface area contributed by atoms with E-state index >= 15 is 0 Å². The average Bonchev–Trinajstić information content (AvgIpc) is 2.67. The molecule has 0 aromatic heterocycles. The van der Waals surface area contributed by atoms with Crippen LogP contribution >= 0.6 is 0 Å². The van der Waals surface area contributed by atoms with E-state index in [4.69, 9.17) is 9.47 Å². The van der Waals surface area contributed by atoms with Gasteiger partial charge in [0.15, 0.2) is 0 Å². The largest absolute Gasteiger partial charge is 0.493 e. The molecule has 1 atom stereocenters. The molecule has 0 unspecified atom stereocenters. The maximum absolute atomic E-state index is 12.4. The Bertz CT molecular complexity index is 540. The van der Waals surface area contributed by atoms with Gasteiger partial charge in [0, 0.05) is 38.8 Å². The summed E-state index contributed by atoms with van der Waals surface area (Å²) in [5.41, 5.74) is 1.23. The van der Waals surface area contributed by atoms with Crippen molar-refractivity contribution in [1.82, 2.24) is 10.2 Å². The number of carbonyl (C=O) groups is 1. The summed E-state index contributed by atoms with van der Waals surface area (Å²) < 4.78 is 11.3. The normalized spacial score (nSPS) is 21.8. The van der Waals surface area contributed by atoms with Crippen molar-refractivity contribution in [2.75, 3.05) is 39.5 Å². The van der Waals surface area contributed by atoms with E-state index in [-0.39, 0.29) is 6.03 Å². The highest BCUT2D eigenvalue weighted by atomic mass is 16.5. The zero-order chi connectivity index (χ0) is 17.5. The molecule has 0 bridgehead atoms. The number of amides is 2. The van der Waals surface area contributed by atoms with Gasteiger partial charge in [-0.25, -0.2) is 4.79 Å². The second kappa shape index (κ2) is 9.09. The number of likely N-dealkylation sites (tertiary alicyclic amines) is 1. The monoisotopic (exact) mass is 346 g/mol. The van der Waals surface area contributed by atoms with Crippen LogP contribution in [0.5, 0.6) is 5.75 Å². The fraction of sp³-hybridized carbons (Fsp3) is 0.650. The van der Waals surface area contributed by atoms with Crippen LogP contribution in [0.2, 0.25) is 0 Å². The molecule has 0 spiro atoms. The Kier molecular flexibility index (Phi) is 6.56. The molecule has 138 valence electrons. The molecule has 1 aromatic carbocycles. The number of hydrogen-bond acceptors (Lipinski definition) is 3. The number of urea groups is 1. The topological polar surface area (TPSA) is 50.8 Å². The molecule has 25 heavy (non-hydrogen) atoms. The Morgan fingerprint density at radius 2 is 1.96 bits per heavy atom. The highest BCUT2D eigenvalue weighted by molar-refractivity contribution is 5.74. The van der Waals surface area contributed by atoms with Crippen LogP contribution in [0.3, 0.4) is 0 Å². The lowest BCUT2D eigenvalue weighted by atomic mass is 9.99. The molecule has 2 amide bonds. The highest BCUT2D eigenvalue weighted by Gasteiger charge is 2.25. The Balaban J connectivity index is 1.40. The zero-order valence-electron chi connectivity index (χ0n) is 15.2. The molecule has 5 heteroatoms.